The molecule has 0 saturated heterocycles. The third kappa shape index (κ3) is 3.84. The fourth-order valence-electron chi connectivity index (χ4n) is 2.59. The number of fused-ring (bicyclic) bond motifs is 1. The molecular weight excluding hydrogens is 314 g/mol. The zero-order chi connectivity index (χ0) is 17.0. The number of hydrogen-bond donors (Lipinski definition) is 0. The van der Waals surface area contributed by atoms with E-state index in [0.717, 1.165) is 16.8 Å². The van der Waals surface area contributed by atoms with E-state index in [4.69, 9.17) is 0 Å². The van der Waals surface area contributed by atoms with E-state index in [1.54, 1.807) is 22.8 Å². The Morgan fingerprint density at radius 1 is 1.09 bits per heavy atom. The average Bonchev–Trinajstić information content (AvgIpc) is 2.77. The van der Waals surface area contributed by atoms with Crippen molar-refractivity contribution in [1.29, 1.82) is 0 Å². The van der Waals surface area contributed by atoms with Gasteiger partial charge in [-0.3, -0.25) is 4.57 Å². The molecule has 0 atom stereocenters. The zero-order valence-corrected chi connectivity index (χ0v) is 14.8. The van der Waals surface area contributed by atoms with Gasteiger partial charge in [-0.25, -0.2) is 13.2 Å². The number of rotatable bonds is 8. The van der Waals surface area contributed by atoms with Crippen molar-refractivity contribution in [2.45, 2.75) is 32.7 Å². The minimum atomic E-state index is -3.64. The van der Waals surface area contributed by atoms with Crippen molar-refractivity contribution in [3.63, 3.8) is 0 Å². The number of aromatic nitrogens is 2. The van der Waals surface area contributed by atoms with Gasteiger partial charge >= 0.3 is 5.69 Å². The van der Waals surface area contributed by atoms with Crippen molar-refractivity contribution in [2.75, 3.05) is 26.4 Å². The fraction of sp³-hybridized carbons (Fsp3) is 0.562. The third-order valence-corrected chi connectivity index (χ3v) is 5.56. The molecule has 0 radical (unpaired) electrons. The van der Waals surface area contributed by atoms with Crippen LogP contribution in [0.3, 0.4) is 0 Å². The molecule has 23 heavy (non-hydrogen) atoms. The van der Waals surface area contributed by atoms with Gasteiger partial charge in [-0.05, 0) is 32.6 Å². The second kappa shape index (κ2) is 7.31. The Balaban J connectivity index is 2.52. The lowest BCUT2D eigenvalue weighted by Crippen LogP contribution is -2.32. The van der Waals surface area contributed by atoms with Crippen LogP contribution in [0.15, 0.2) is 29.1 Å². The highest BCUT2D eigenvalue weighted by molar-refractivity contribution is 7.90. The lowest BCUT2D eigenvalue weighted by molar-refractivity contribution is 0.383. The minimum Gasteiger partial charge on any atom is -0.308 e. The largest absolute Gasteiger partial charge is 0.343 e. The summed E-state index contributed by atoms with van der Waals surface area (Å²) in [4.78, 5) is 14.7. The Labute approximate surface area is 137 Å². The van der Waals surface area contributed by atoms with Crippen LogP contribution in [0.4, 0.5) is 0 Å². The molecule has 0 N–H and O–H groups in total. The van der Waals surface area contributed by atoms with Crippen LogP contribution in [0, 0.1) is 0 Å². The maximum Gasteiger partial charge on any atom is 0.343 e. The molecule has 0 aliphatic heterocycles. The Bertz CT molecular complexity index is 819. The summed E-state index contributed by atoms with van der Waals surface area (Å²) in [5.74, 6) is 0.00242. The van der Waals surface area contributed by atoms with Gasteiger partial charge in [0.15, 0.2) is 0 Å². The number of hydrogen-bond acceptors (Lipinski definition) is 4. The Morgan fingerprint density at radius 2 is 1.74 bits per heavy atom. The molecule has 0 spiro atoms. The molecule has 128 valence electrons. The second-order valence-electron chi connectivity index (χ2n) is 6.01. The summed E-state index contributed by atoms with van der Waals surface area (Å²) in [5.41, 5.74) is 0.663. The van der Waals surface area contributed by atoms with Crippen molar-refractivity contribution in [1.82, 2.24) is 13.4 Å². The van der Waals surface area contributed by atoms with Crippen LogP contribution in [0.25, 0.3) is 11.0 Å². The van der Waals surface area contributed by atoms with Gasteiger partial charge in [0.25, 0.3) is 0 Å². The van der Waals surface area contributed by atoms with E-state index in [9.17, 15) is 13.2 Å². The Morgan fingerprint density at radius 3 is 2.35 bits per heavy atom. The van der Waals surface area contributed by atoms with Crippen LogP contribution < -0.4 is 5.69 Å². The van der Waals surface area contributed by atoms with Crippen molar-refractivity contribution < 1.29 is 8.42 Å². The van der Waals surface area contributed by atoms with E-state index in [-0.39, 0.29) is 5.75 Å². The first-order chi connectivity index (χ1) is 10.9. The first-order valence-electron chi connectivity index (χ1n) is 7.96. The van der Waals surface area contributed by atoms with E-state index >= 15 is 0 Å². The highest BCUT2D eigenvalue weighted by Crippen LogP contribution is 2.16. The van der Waals surface area contributed by atoms with Gasteiger partial charge in [-0.15, -0.1) is 0 Å². The van der Waals surface area contributed by atoms with Crippen LogP contribution in [-0.2, 0) is 16.6 Å². The number of likely N-dealkylation sites (N-methyl/N-ethyl adjacent to an activating group) is 1. The first-order valence-corrected chi connectivity index (χ1v) is 9.57. The number of nitrogens with zero attached hydrogens (tertiary/aromatic N) is 3. The quantitative estimate of drug-likeness (QED) is 0.687. The number of imidazole rings is 1. The maximum absolute atomic E-state index is 12.7. The number of unbranched alkanes of at least 4 members (excludes halogenated alkanes) is 2. The molecule has 0 aliphatic carbocycles. The van der Waals surface area contributed by atoms with Gasteiger partial charge in [0, 0.05) is 13.1 Å². The van der Waals surface area contributed by atoms with Crippen LogP contribution in [0.2, 0.25) is 0 Å². The molecule has 1 heterocycles. The lowest BCUT2D eigenvalue weighted by atomic mass is 10.3. The van der Waals surface area contributed by atoms with Crippen LogP contribution in [0.5, 0.6) is 0 Å². The SMILES string of the molecule is CCCCCS(=O)(=O)n1c(=O)n(CCN(C)C)c2ccccc21. The summed E-state index contributed by atoms with van der Waals surface area (Å²) in [7, 11) is 0.207. The predicted molar refractivity (Wildman–Crippen MR) is 93.5 cm³/mol. The fourth-order valence-corrected chi connectivity index (χ4v) is 4.13. The van der Waals surface area contributed by atoms with Gasteiger partial charge in [-0.1, -0.05) is 31.9 Å². The third-order valence-electron chi connectivity index (χ3n) is 3.85. The van der Waals surface area contributed by atoms with Crippen molar-refractivity contribution >= 4 is 21.1 Å². The van der Waals surface area contributed by atoms with Crippen LogP contribution in [-0.4, -0.2) is 48.3 Å². The van der Waals surface area contributed by atoms with E-state index in [2.05, 4.69) is 0 Å². The smallest absolute Gasteiger partial charge is 0.308 e. The van der Waals surface area contributed by atoms with E-state index < -0.39 is 15.7 Å². The molecule has 0 fully saturated rings. The average molecular weight is 339 g/mol. The predicted octanol–water partition coefficient (Wildman–Crippen LogP) is 1.73. The summed E-state index contributed by atoms with van der Waals surface area (Å²) >= 11 is 0. The van der Waals surface area contributed by atoms with Crippen molar-refractivity contribution in [3.8, 4) is 0 Å². The molecule has 2 rings (SSSR count). The lowest BCUT2D eigenvalue weighted by Gasteiger charge is -2.09. The molecular formula is C16H25N3O3S. The summed E-state index contributed by atoms with van der Waals surface area (Å²) in [6, 6.07) is 7.07. The molecule has 7 heteroatoms. The van der Waals surface area contributed by atoms with Crippen molar-refractivity contribution in [2.24, 2.45) is 0 Å². The van der Waals surface area contributed by atoms with Gasteiger partial charge in [0.05, 0.1) is 16.8 Å². The highest BCUT2D eigenvalue weighted by atomic mass is 32.2. The van der Waals surface area contributed by atoms with E-state index in [0.29, 0.717) is 30.5 Å². The Hall–Kier alpha value is -1.60. The molecule has 6 nitrogen and oxygen atoms in total. The molecule has 0 amide bonds. The van der Waals surface area contributed by atoms with Gasteiger partial charge in [0.1, 0.15) is 0 Å². The topological polar surface area (TPSA) is 64.3 Å². The van der Waals surface area contributed by atoms with Gasteiger partial charge in [-0.2, -0.15) is 3.97 Å². The second-order valence-corrected chi connectivity index (χ2v) is 7.95. The van der Waals surface area contributed by atoms with Crippen molar-refractivity contribution in [3.05, 3.63) is 34.7 Å². The molecule has 1 aromatic heterocycles. The Kier molecular flexibility index (Phi) is 5.64. The van der Waals surface area contributed by atoms with Gasteiger partial charge < -0.3 is 4.90 Å². The molecule has 0 saturated carbocycles. The zero-order valence-electron chi connectivity index (χ0n) is 14.0. The summed E-state index contributed by atoms with van der Waals surface area (Å²) in [6.45, 7) is 3.15. The molecule has 2 aromatic rings. The minimum absolute atomic E-state index is 0.00242. The summed E-state index contributed by atoms with van der Waals surface area (Å²) < 4.78 is 27.8. The normalized spacial score (nSPS) is 12.3. The summed E-state index contributed by atoms with van der Waals surface area (Å²) in [5, 5.41) is 0. The first kappa shape index (κ1) is 17.7. The number of benzene rings is 1. The molecule has 0 unspecified atom stereocenters. The summed E-state index contributed by atoms with van der Waals surface area (Å²) in [6.07, 6.45) is 2.35. The molecule has 0 bridgehead atoms. The monoisotopic (exact) mass is 339 g/mol. The molecule has 0 aliphatic rings. The van der Waals surface area contributed by atoms with Gasteiger partial charge in [0.2, 0.25) is 10.0 Å². The van der Waals surface area contributed by atoms with E-state index in [1.165, 1.54) is 0 Å². The standard InChI is InChI=1S/C16H25N3O3S/c1-4-5-8-13-23(21,22)19-15-10-7-6-9-14(15)18(16(19)20)12-11-17(2)3/h6-7,9-10H,4-5,8,11-13H2,1-3H3. The van der Waals surface area contributed by atoms with Crippen LogP contribution in [0.1, 0.15) is 26.2 Å². The molecule has 1 aromatic carbocycles. The highest BCUT2D eigenvalue weighted by Gasteiger charge is 2.22. The van der Waals surface area contributed by atoms with Crippen LogP contribution >= 0.6 is 0 Å². The van der Waals surface area contributed by atoms with E-state index in [1.807, 2.05) is 32.0 Å². The number of para-hydroxylation sites is 2. The maximum atomic E-state index is 12.7.